The molecule has 3 nitrogen and oxygen atoms in total. The monoisotopic (exact) mass is 180 g/mol. The van der Waals surface area contributed by atoms with Crippen LogP contribution in [0, 0.1) is 0 Å². The molecule has 2 rings (SSSR count). The first-order valence-corrected chi connectivity index (χ1v) is 3.77. The lowest BCUT2D eigenvalue weighted by molar-refractivity contribution is 0.111. The van der Waals surface area contributed by atoms with E-state index in [1.807, 2.05) is 6.07 Å². The summed E-state index contributed by atoms with van der Waals surface area (Å²) in [5, 5.41) is 4.56. The summed E-state index contributed by atoms with van der Waals surface area (Å²) in [5.74, 6) is 0. The molecule has 0 atom stereocenters. The summed E-state index contributed by atoms with van der Waals surface area (Å²) >= 11 is 5.72. The minimum atomic E-state index is 0.414. The van der Waals surface area contributed by atoms with E-state index >= 15 is 0 Å². The van der Waals surface area contributed by atoms with E-state index in [1.165, 1.54) is 0 Å². The molecule has 2 aromatic heterocycles. The molecule has 0 aliphatic heterocycles. The topological polar surface area (TPSA) is 34.4 Å². The van der Waals surface area contributed by atoms with Gasteiger partial charge in [-0.05, 0) is 18.2 Å². The SMILES string of the molecule is O=Cc1cc2ccc(Cl)cn2n1. The maximum atomic E-state index is 10.4. The van der Waals surface area contributed by atoms with Crippen molar-refractivity contribution in [2.45, 2.75) is 0 Å². The zero-order chi connectivity index (χ0) is 8.55. The molecular weight excluding hydrogens is 176 g/mol. The van der Waals surface area contributed by atoms with Crippen LogP contribution in [0.15, 0.2) is 24.4 Å². The van der Waals surface area contributed by atoms with E-state index in [0.717, 1.165) is 5.52 Å². The summed E-state index contributed by atoms with van der Waals surface area (Å²) in [6.45, 7) is 0. The molecule has 12 heavy (non-hydrogen) atoms. The van der Waals surface area contributed by atoms with Gasteiger partial charge in [0.05, 0.1) is 10.5 Å². The highest BCUT2D eigenvalue weighted by Crippen LogP contribution is 2.11. The first-order valence-electron chi connectivity index (χ1n) is 3.40. The van der Waals surface area contributed by atoms with Gasteiger partial charge >= 0.3 is 0 Å². The van der Waals surface area contributed by atoms with E-state index < -0.39 is 0 Å². The predicted octanol–water partition coefficient (Wildman–Crippen LogP) is 1.80. The molecule has 0 aliphatic rings. The van der Waals surface area contributed by atoms with Crippen molar-refractivity contribution in [2.24, 2.45) is 0 Å². The van der Waals surface area contributed by atoms with Crippen LogP contribution in [0.25, 0.3) is 5.52 Å². The fourth-order valence-corrected chi connectivity index (χ4v) is 1.19. The van der Waals surface area contributed by atoms with Crippen LogP contribution in [0.1, 0.15) is 10.5 Å². The number of halogens is 1. The van der Waals surface area contributed by atoms with Crippen molar-refractivity contribution >= 4 is 23.4 Å². The van der Waals surface area contributed by atoms with E-state index in [1.54, 1.807) is 22.8 Å². The molecule has 2 heterocycles. The minimum Gasteiger partial charge on any atom is -0.296 e. The van der Waals surface area contributed by atoms with E-state index in [-0.39, 0.29) is 0 Å². The maximum Gasteiger partial charge on any atom is 0.170 e. The average Bonchev–Trinajstić information content (AvgIpc) is 2.46. The smallest absolute Gasteiger partial charge is 0.170 e. The molecule has 4 heteroatoms. The number of nitrogens with zero attached hydrogens (tertiary/aromatic N) is 2. The first kappa shape index (κ1) is 7.31. The van der Waals surface area contributed by atoms with Crippen molar-refractivity contribution in [2.75, 3.05) is 0 Å². The Morgan fingerprint density at radius 2 is 2.33 bits per heavy atom. The zero-order valence-electron chi connectivity index (χ0n) is 6.07. The standard InChI is InChI=1S/C8H5ClN2O/c9-6-1-2-8-3-7(5-12)10-11(8)4-6/h1-5H. The zero-order valence-corrected chi connectivity index (χ0v) is 6.82. The number of fused-ring (bicyclic) bond motifs is 1. The second-order valence-corrected chi connectivity index (χ2v) is 2.84. The van der Waals surface area contributed by atoms with Crippen LogP contribution < -0.4 is 0 Å². The Bertz CT molecular complexity index is 436. The lowest BCUT2D eigenvalue weighted by atomic mass is 10.4. The summed E-state index contributed by atoms with van der Waals surface area (Å²) in [4.78, 5) is 10.4. The Kier molecular flexibility index (Phi) is 1.59. The molecule has 0 spiro atoms. The Morgan fingerprint density at radius 1 is 1.50 bits per heavy atom. The van der Waals surface area contributed by atoms with Gasteiger partial charge in [-0.25, -0.2) is 4.52 Å². The Morgan fingerprint density at radius 3 is 3.08 bits per heavy atom. The van der Waals surface area contributed by atoms with Gasteiger partial charge in [0.1, 0.15) is 5.69 Å². The summed E-state index contributed by atoms with van der Waals surface area (Å²) in [6.07, 6.45) is 2.37. The molecule has 0 amide bonds. The lowest BCUT2D eigenvalue weighted by Crippen LogP contribution is -1.86. The van der Waals surface area contributed by atoms with Crippen LogP contribution in [0.3, 0.4) is 0 Å². The summed E-state index contributed by atoms with van der Waals surface area (Å²) in [5.41, 5.74) is 1.28. The van der Waals surface area contributed by atoms with Gasteiger partial charge in [0.25, 0.3) is 0 Å². The van der Waals surface area contributed by atoms with Gasteiger partial charge in [-0.1, -0.05) is 11.6 Å². The number of hydrogen-bond acceptors (Lipinski definition) is 2. The average molecular weight is 181 g/mol. The molecule has 0 fully saturated rings. The van der Waals surface area contributed by atoms with Crippen LogP contribution >= 0.6 is 11.6 Å². The van der Waals surface area contributed by atoms with Crippen molar-refractivity contribution in [3.63, 3.8) is 0 Å². The van der Waals surface area contributed by atoms with E-state index in [9.17, 15) is 4.79 Å². The molecule has 0 N–H and O–H groups in total. The number of aldehydes is 1. The molecule has 0 saturated carbocycles. The van der Waals surface area contributed by atoms with Gasteiger partial charge in [0.15, 0.2) is 6.29 Å². The maximum absolute atomic E-state index is 10.4. The lowest BCUT2D eigenvalue weighted by Gasteiger charge is -1.91. The van der Waals surface area contributed by atoms with Gasteiger partial charge in [-0.3, -0.25) is 4.79 Å². The fraction of sp³-hybridized carbons (Fsp3) is 0. The summed E-state index contributed by atoms with van der Waals surface area (Å²) in [6, 6.07) is 5.26. The van der Waals surface area contributed by atoms with Gasteiger partial charge in [0, 0.05) is 6.20 Å². The fourth-order valence-electron chi connectivity index (χ4n) is 1.04. The van der Waals surface area contributed by atoms with Crippen molar-refractivity contribution in [3.8, 4) is 0 Å². The molecule has 0 saturated heterocycles. The molecule has 0 unspecified atom stereocenters. The van der Waals surface area contributed by atoms with Crippen LogP contribution in [0.2, 0.25) is 5.02 Å². The highest BCUT2D eigenvalue weighted by molar-refractivity contribution is 6.30. The minimum absolute atomic E-state index is 0.414. The van der Waals surface area contributed by atoms with Crippen LogP contribution in [0.4, 0.5) is 0 Å². The number of aromatic nitrogens is 2. The number of carbonyl (C=O) groups excluding carboxylic acids is 1. The second-order valence-electron chi connectivity index (χ2n) is 2.40. The van der Waals surface area contributed by atoms with Crippen molar-refractivity contribution in [1.82, 2.24) is 9.61 Å². The van der Waals surface area contributed by atoms with Crippen molar-refractivity contribution < 1.29 is 4.79 Å². The van der Waals surface area contributed by atoms with E-state index in [4.69, 9.17) is 11.6 Å². The van der Waals surface area contributed by atoms with Crippen LogP contribution in [-0.2, 0) is 0 Å². The molecule has 0 aliphatic carbocycles. The highest BCUT2D eigenvalue weighted by Gasteiger charge is 1.99. The molecule has 60 valence electrons. The normalized spacial score (nSPS) is 10.4. The van der Waals surface area contributed by atoms with Crippen LogP contribution in [-0.4, -0.2) is 15.9 Å². The van der Waals surface area contributed by atoms with E-state index in [2.05, 4.69) is 5.10 Å². The number of pyridine rings is 1. The summed E-state index contributed by atoms with van der Waals surface area (Å²) in [7, 11) is 0. The van der Waals surface area contributed by atoms with Gasteiger partial charge in [0.2, 0.25) is 0 Å². The first-order chi connectivity index (χ1) is 5.79. The second kappa shape index (κ2) is 2.60. The third-order valence-corrected chi connectivity index (χ3v) is 1.79. The Hall–Kier alpha value is -1.35. The molecule has 0 radical (unpaired) electrons. The van der Waals surface area contributed by atoms with E-state index in [0.29, 0.717) is 17.0 Å². The quantitative estimate of drug-likeness (QED) is 0.628. The predicted molar refractivity (Wildman–Crippen MR) is 45.6 cm³/mol. The number of rotatable bonds is 1. The summed E-state index contributed by atoms with van der Waals surface area (Å²) < 4.78 is 1.58. The Balaban J connectivity index is 2.75. The molecule has 2 aromatic rings. The number of carbonyl (C=O) groups is 1. The molecule has 0 bridgehead atoms. The third kappa shape index (κ3) is 1.08. The number of hydrogen-bond donors (Lipinski definition) is 0. The third-order valence-electron chi connectivity index (χ3n) is 1.56. The molecular formula is C8H5ClN2O. The van der Waals surface area contributed by atoms with Crippen LogP contribution in [0.5, 0.6) is 0 Å². The van der Waals surface area contributed by atoms with Crippen molar-refractivity contribution in [1.29, 1.82) is 0 Å². The highest BCUT2D eigenvalue weighted by atomic mass is 35.5. The van der Waals surface area contributed by atoms with Gasteiger partial charge in [-0.2, -0.15) is 5.10 Å². The van der Waals surface area contributed by atoms with Crippen molar-refractivity contribution in [3.05, 3.63) is 35.1 Å². The largest absolute Gasteiger partial charge is 0.296 e. The van der Waals surface area contributed by atoms with Gasteiger partial charge < -0.3 is 0 Å². The van der Waals surface area contributed by atoms with Gasteiger partial charge in [-0.15, -0.1) is 0 Å². The Labute approximate surface area is 73.6 Å². The molecule has 0 aromatic carbocycles.